The van der Waals surface area contributed by atoms with Gasteiger partial charge < -0.3 is 14.4 Å². The molecule has 1 unspecified atom stereocenters. The van der Waals surface area contributed by atoms with E-state index in [4.69, 9.17) is 4.42 Å². The average molecular weight is 395 g/mol. The number of aryl methyl sites for hydroxylation is 1. The van der Waals surface area contributed by atoms with E-state index in [1.165, 1.54) is 24.3 Å². The van der Waals surface area contributed by atoms with E-state index < -0.39 is 11.8 Å². The van der Waals surface area contributed by atoms with Crippen molar-refractivity contribution in [3.63, 3.8) is 0 Å². The smallest absolute Gasteiger partial charge is 0.340 e. The van der Waals surface area contributed by atoms with Gasteiger partial charge >= 0.3 is 5.97 Å². The normalized spacial score (nSPS) is 16.5. The van der Waals surface area contributed by atoms with E-state index in [1.54, 1.807) is 6.92 Å². The van der Waals surface area contributed by atoms with Gasteiger partial charge in [-0.05, 0) is 66.8 Å². The van der Waals surface area contributed by atoms with Crippen molar-refractivity contribution in [3.05, 3.63) is 58.9 Å². The summed E-state index contributed by atoms with van der Waals surface area (Å²) in [7, 11) is 0. The van der Waals surface area contributed by atoms with Crippen LogP contribution in [-0.2, 0) is 11.2 Å². The van der Waals surface area contributed by atoms with Crippen molar-refractivity contribution in [2.75, 3.05) is 6.54 Å². The van der Waals surface area contributed by atoms with Gasteiger partial charge in [-0.15, -0.1) is 0 Å². The molecule has 1 aliphatic heterocycles. The zero-order valence-electron chi connectivity index (χ0n) is 16.4. The van der Waals surface area contributed by atoms with Crippen LogP contribution in [0, 0.1) is 5.82 Å². The lowest BCUT2D eigenvalue weighted by Crippen LogP contribution is -2.28. The summed E-state index contributed by atoms with van der Waals surface area (Å²) in [4.78, 5) is 25.9. The Morgan fingerprint density at radius 1 is 1.24 bits per heavy atom. The number of carboxylic acid groups (broad SMARTS) is 1. The number of aromatic carboxylic acids is 1. The number of carboxylic acids is 1. The molecule has 0 bridgehead atoms. The molecule has 1 aromatic heterocycles. The van der Waals surface area contributed by atoms with E-state index in [9.17, 15) is 19.1 Å². The predicted molar refractivity (Wildman–Crippen MR) is 107 cm³/mol. The molecule has 1 saturated heterocycles. The van der Waals surface area contributed by atoms with Crippen molar-refractivity contribution in [2.24, 2.45) is 0 Å². The molecule has 0 saturated carbocycles. The number of carbonyl (C=O) groups is 2. The van der Waals surface area contributed by atoms with Gasteiger partial charge in [0.2, 0.25) is 5.91 Å². The number of amides is 1. The van der Waals surface area contributed by atoms with Crippen LogP contribution >= 0.6 is 0 Å². The first-order valence-corrected chi connectivity index (χ1v) is 9.76. The van der Waals surface area contributed by atoms with E-state index in [2.05, 4.69) is 0 Å². The standard InChI is InChI=1S/C23H22FNO4/c1-3-14-11-18-20(12-17(14)19-5-4-10-25(19)13(2)26)29-22(21(18)23(27)28)15-6-8-16(24)9-7-15/h6-9,11-12,19H,3-5,10H2,1-2H3,(H,27,28). The number of rotatable bonds is 4. The van der Waals surface area contributed by atoms with Crippen LogP contribution in [0.15, 0.2) is 40.8 Å². The van der Waals surface area contributed by atoms with Crippen LogP contribution < -0.4 is 0 Å². The Balaban J connectivity index is 1.92. The van der Waals surface area contributed by atoms with E-state index >= 15 is 0 Å². The molecule has 2 aromatic carbocycles. The van der Waals surface area contributed by atoms with Crippen molar-refractivity contribution >= 4 is 22.8 Å². The molecular weight excluding hydrogens is 373 g/mol. The summed E-state index contributed by atoms with van der Waals surface area (Å²) in [5, 5.41) is 10.4. The summed E-state index contributed by atoms with van der Waals surface area (Å²) in [6, 6.07) is 9.28. The highest BCUT2D eigenvalue weighted by atomic mass is 19.1. The number of fused-ring (bicyclic) bond motifs is 1. The zero-order chi connectivity index (χ0) is 20.7. The number of carbonyl (C=O) groups excluding carboxylic acids is 1. The lowest BCUT2D eigenvalue weighted by atomic mass is 9.94. The molecule has 0 spiro atoms. The fourth-order valence-electron chi connectivity index (χ4n) is 4.30. The number of likely N-dealkylation sites (tertiary alicyclic amines) is 1. The topological polar surface area (TPSA) is 70.8 Å². The van der Waals surface area contributed by atoms with Crippen LogP contribution in [-0.4, -0.2) is 28.4 Å². The Hall–Kier alpha value is -3.15. The van der Waals surface area contributed by atoms with Crippen LogP contribution in [0.4, 0.5) is 4.39 Å². The van der Waals surface area contributed by atoms with Crippen molar-refractivity contribution in [1.29, 1.82) is 0 Å². The van der Waals surface area contributed by atoms with Gasteiger partial charge in [-0.2, -0.15) is 0 Å². The third kappa shape index (κ3) is 3.28. The molecule has 1 N–H and O–H groups in total. The molecule has 150 valence electrons. The first-order chi connectivity index (χ1) is 13.9. The monoisotopic (exact) mass is 395 g/mol. The molecule has 6 heteroatoms. The number of hydrogen-bond donors (Lipinski definition) is 1. The Kier molecular flexibility index (Phi) is 4.86. The van der Waals surface area contributed by atoms with E-state index in [-0.39, 0.29) is 23.3 Å². The molecule has 4 rings (SSSR count). The summed E-state index contributed by atoms with van der Waals surface area (Å²) in [6.07, 6.45) is 2.52. The summed E-state index contributed by atoms with van der Waals surface area (Å²) in [5.74, 6) is -1.25. The van der Waals surface area contributed by atoms with Crippen LogP contribution in [0.3, 0.4) is 0 Å². The van der Waals surface area contributed by atoms with Gasteiger partial charge in [0.25, 0.3) is 0 Å². The molecule has 29 heavy (non-hydrogen) atoms. The van der Waals surface area contributed by atoms with Gasteiger partial charge in [-0.1, -0.05) is 6.92 Å². The zero-order valence-corrected chi connectivity index (χ0v) is 16.4. The lowest BCUT2D eigenvalue weighted by Gasteiger charge is -2.25. The van der Waals surface area contributed by atoms with Crippen LogP contribution in [0.1, 0.15) is 54.2 Å². The highest BCUT2D eigenvalue weighted by Crippen LogP contribution is 2.40. The number of halogens is 1. The Labute approximate surface area is 167 Å². The first-order valence-electron chi connectivity index (χ1n) is 9.76. The third-order valence-electron chi connectivity index (χ3n) is 5.67. The predicted octanol–water partition coefficient (Wildman–Crippen LogP) is 5.18. The summed E-state index contributed by atoms with van der Waals surface area (Å²) in [5.41, 5.74) is 3.05. The number of nitrogens with zero attached hydrogens (tertiary/aromatic N) is 1. The van der Waals surface area contributed by atoms with Gasteiger partial charge in [-0.25, -0.2) is 9.18 Å². The summed E-state index contributed by atoms with van der Waals surface area (Å²) in [6.45, 7) is 4.31. The molecule has 3 aromatic rings. The molecule has 1 amide bonds. The highest BCUT2D eigenvalue weighted by molar-refractivity contribution is 6.08. The van der Waals surface area contributed by atoms with Crippen molar-refractivity contribution in [1.82, 2.24) is 4.90 Å². The fourth-order valence-corrected chi connectivity index (χ4v) is 4.30. The maximum Gasteiger partial charge on any atom is 0.340 e. The van der Waals surface area contributed by atoms with E-state index in [0.717, 1.165) is 30.5 Å². The molecular formula is C23H22FNO4. The molecule has 1 atom stereocenters. The average Bonchev–Trinajstić information content (AvgIpc) is 3.31. The lowest BCUT2D eigenvalue weighted by molar-refractivity contribution is -0.129. The van der Waals surface area contributed by atoms with Gasteiger partial charge in [-0.3, -0.25) is 4.79 Å². The van der Waals surface area contributed by atoms with Crippen LogP contribution in [0.2, 0.25) is 0 Å². The minimum Gasteiger partial charge on any atom is -0.478 e. The second-order valence-electron chi connectivity index (χ2n) is 7.39. The fraction of sp³-hybridized carbons (Fsp3) is 0.304. The molecule has 5 nitrogen and oxygen atoms in total. The molecule has 0 radical (unpaired) electrons. The van der Waals surface area contributed by atoms with E-state index in [0.29, 0.717) is 23.0 Å². The second kappa shape index (κ2) is 7.35. The minimum absolute atomic E-state index is 0.0282. The van der Waals surface area contributed by atoms with Gasteiger partial charge in [0.1, 0.15) is 22.7 Å². The minimum atomic E-state index is -1.09. The Bertz CT molecular complexity index is 1100. The van der Waals surface area contributed by atoms with Gasteiger partial charge in [0, 0.05) is 24.4 Å². The first kappa shape index (κ1) is 19.2. The maximum atomic E-state index is 13.3. The molecule has 0 aliphatic carbocycles. The quantitative estimate of drug-likeness (QED) is 0.660. The van der Waals surface area contributed by atoms with Crippen LogP contribution in [0.5, 0.6) is 0 Å². The Morgan fingerprint density at radius 3 is 2.59 bits per heavy atom. The van der Waals surface area contributed by atoms with Gasteiger partial charge in [0.15, 0.2) is 0 Å². The summed E-state index contributed by atoms with van der Waals surface area (Å²) < 4.78 is 19.3. The summed E-state index contributed by atoms with van der Waals surface area (Å²) >= 11 is 0. The Morgan fingerprint density at radius 2 is 1.97 bits per heavy atom. The third-order valence-corrected chi connectivity index (χ3v) is 5.67. The highest BCUT2D eigenvalue weighted by Gasteiger charge is 2.31. The number of furan rings is 1. The molecule has 1 aliphatic rings. The molecule has 1 fully saturated rings. The van der Waals surface area contributed by atoms with Crippen molar-refractivity contribution in [3.8, 4) is 11.3 Å². The van der Waals surface area contributed by atoms with Crippen molar-refractivity contribution in [2.45, 2.75) is 39.2 Å². The number of benzene rings is 2. The second-order valence-corrected chi connectivity index (χ2v) is 7.39. The van der Waals surface area contributed by atoms with Crippen molar-refractivity contribution < 1.29 is 23.5 Å². The van der Waals surface area contributed by atoms with Crippen LogP contribution in [0.25, 0.3) is 22.3 Å². The molecule has 2 heterocycles. The SMILES string of the molecule is CCc1cc2c(C(=O)O)c(-c3ccc(F)cc3)oc2cc1C1CCCN1C(C)=O. The number of hydrogen-bond acceptors (Lipinski definition) is 3. The largest absolute Gasteiger partial charge is 0.478 e. The van der Waals surface area contributed by atoms with Gasteiger partial charge in [0.05, 0.1) is 6.04 Å². The maximum absolute atomic E-state index is 13.3. The van der Waals surface area contributed by atoms with E-state index in [1.807, 2.05) is 24.0 Å².